The molecule has 0 saturated carbocycles. The topological polar surface area (TPSA) is 64.7 Å². The van der Waals surface area contributed by atoms with E-state index >= 15 is 0 Å². The summed E-state index contributed by atoms with van der Waals surface area (Å²) in [6, 6.07) is 13.6. The zero-order chi connectivity index (χ0) is 13.7. The Labute approximate surface area is 110 Å². The van der Waals surface area contributed by atoms with E-state index in [1.165, 1.54) is 12.3 Å². The van der Waals surface area contributed by atoms with Crippen LogP contribution in [0.15, 0.2) is 53.5 Å². The molecular weight excluding hydrogens is 244 g/mol. The largest absolute Gasteiger partial charge is 0.497 e. The maximum absolute atomic E-state index is 10.9. The Balaban J connectivity index is 2.30. The normalized spacial score (nSPS) is 10.6. The highest BCUT2D eigenvalue weighted by molar-refractivity contribution is 5.87. The molecule has 0 aliphatic rings. The summed E-state index contributed by atoms with van der Waals surface area (Å²) >= 11 is 0. The summed E-state index contributed by atoms with van der Waals surface area (Å²) < 4.78 is 5.09. The van der Waals surface area contributed by atoms with Crippen LogP contribution in [0.2, 0.25) is 0 Å². The fourth-order valence-corrected chi connectivity index (χ4v) is 1.60. The van der Waals surface area contributed by atoms with E-state index in [0.29, 0.717) is 17.0 Å². The number of benzene rings is 2. The minimum Gasteiger partial charge on any atom is -0.497 e. The first-order chi connectivity index (χ1) is 9.20. The lowest BCUT2D eigenvalue weighted by Gasteiger charge is -2.00. The second-order valence-electron chi connectivity index (χ2n) is 3.78. The molecule has 0 fully saturated rings. The molecule has 0 amide bonds. The van der Waals surface area contributed by atoms with Crippen LogP contribution >= 0.6 is 0 Å². The van der Waals surface area contributed by atoms with E-state index in [2.05, 4.69) is 4.99 Å². The molecule has 2 aromatic rings. The van der Waals surface area contributed by atoms with Crippen LogP contribution in [0.3, 0.4) is 0 Å². The number of nitro benzene ring substituents is 1. The molecule has 0 saturated heterocycles. The van der Waals surface area contributed by atoms with Crippen LogP contribution in [0.1, 0.15) is 5.56 Å². The van der Waals surface area contributed by atoms with Crippen molar-refractivity contribution in [3.05, 3.63) is 64.2 Å². The van der Waals surface area contributed by atoms with Gasteiger partial charge in [0.05, 0.1) is 23.3 Å². The fraction of sp³-hybridized carbons (Fsp3) is 0.0714. The van der Waals surface area contributed by atoms with E-state index in [4.69, 9.17) is 4.74 Å². The lowest BCUT2D eigenvalue weighted by molar-refractivity contribution is -0.385. The van der Waals surface area contributed by atoms with E-state index < -0.39 is 4.92 Å². The third kappa shape index (κ3) is 3.16. The van der Waals surface area contributed by atoms with Crippen molar-refractivity contribution in [2.24, 2.45) is 4.99 Å². The number of hydrogen-bond acceptors (Lipinski definition) is 4. The minimum atomic E-state index is -0.424. The van der Waals surface area contributed by atoms with E-state index in [9.17, 15) is 10.1 Å². The smallest absolute Gasteiger partial charge is 0.278 e. The highest BCUT2D eigenvalue weighted by Gasteiger charge is 2.09. The Kier molecular flexibility index (Phi) is 3.87. The summed E-state index contributed by atoms with van der Waals surface area (Å²) in [7, 11) is 1.57. The number of nitro groups is 1. The summed E-state index contributed by atoms with van der Waals surface area (Å²) in [4.78, 5) is 14.7. The highest BCUT2D eigenvalue weighted by atomic mass is 16.6. The lowest BCUT2D eigenvalue weighted by atomic mass is 10.2. The van der Waals surface area contributed by atoms with Gasteiger partial charge in [-0.25, -0.2) is 0 Å². The predicted molar refractivity (Wildman–Crippen MR) is 73.3 cm³/mol. The number of methoxy groups -OCH3 is 1. The molecule has 0 spiro atoms. The molecule has 96 valence electrons. The van der Waals surface area contributed by atoms with Gasteiger partial charge in [0.2, 0.25) is 0 Å². The molecule has 0 aromatic heterocycles. The van der Waals surface area contributed by atoms with Crippen molar-refractivity contribution in [2.75, 3.05) is 7.11 Å². The average Bonchev–Trinajstić information content (AvgIpc) is 2.45. The molecule has 0 heterocycles. The van der Waals surface area contributed by atoms with Gasteiger partial charge in [0.1, 0.15) is 5.75 Å². The van der Waals surface area contributed by atoms with Gasteiger partial charge in [-0.2, -0.15) is 0 Å². The molecule has 0 aliphatic heterocycles. The summed E-state index contributed by atoms with van der Waals surface area (Å²) in [6.07, 6.45) is 1.48. The first kappa shape index (κ1) is 12.8. The Bertz CT molecular complexity index is 624. The predicted octanol–water partition coefficient (Wildman–Crippen LogP) is 3.35. The summed E-state index contributed by atoms with van der Waals surface area (Å²) in [6.45, 7) is 0. The van der Waals surface area contributed by atoms with Gasteiger partial charge in [0, 0.05) is 18.3 Å². The Morgan fingerprint density at radius 3 is 2.74 bits per heavy atom. The van der Waals surface area contributed by atoms with Crippen molar-refractivity contribution in [1.82, 2.24) is 0 Å². The third-order valence-corrected chi connectivity index (χ3v) is 2.54. The maximum Gasteiger partial charge on any atom is 0.278 e. The molecule has 5 heteroatoms. The van der Waals surface area contributed by atoms with Gasteiger partial charge < -0.3 is 4.74 Å². The van der Waals surface area contributed by atoms with Crippen LogP contribution in [0.25, 0.3) is 0 Å². The molecular formula is C14H12N2O3. The van der Waals surface area contributed by atoms with Crippen molar-refractivity contribution >= 4 is 17.6 Å². The molecule has 19 heavy (non-hydrogen) atoms. The van der Waals surface area contributed by atoms with Gasteiger partial charge in [-0.3, -0.25) is 15.1 Å². The second-order valence-corrected chi connectivity index (χ2v) is 3.78. The summed E-state index contributed by atoms with van der Waals surface area (Å²) in [5, 5.41) is 10.9. The summed E-state index contributed by atoms with van der Waals surface area (Å²) in [5.41, 5.74) is 1.18. The van der Waals surface area contributed by atoms with Gasteiger partial charge in [-0.1, -0.05) is 18.2 Å². The zero-order valence-electron chi connectivity index (χ0n) is 10.3. The first-order valence-corrected chi connectivity index (χ1v) is 5.62. The van der Waals surface area contributed by atoms with Crippen LogP contribution < -0.4 is 4.74 Å². The molecule has 0 unspecified atom stereocenters. The van der Waals surface area contributed by atoms with E-state index in [1.54, 1.807) is 37.4 Å². The summed E-state index contributed by atoms with van der Waals surface area (Å²) in [5.74, 6) is 0.692. The van der Waals surface area contributed by atoms with Crippen LogP contribution in [0.5, 0.6) is 5.75 Å². The van der Waals surface area contributed by atoms with Crippen molar-refractivity contribution in [1.29, 1.82) is 0 Å². The van der Waals surface area contributed by atoms with Crippen LogP contribution in [0.4, 0.5) is 11.4 Å². The van der Waals surface area contributed by atoms with Crippen molar-refractivity contribution in [2.45, 2.75) is 0 Å². The second kappa shape index (κ2) is 5.77. The molecule has 0 bridgehead atoms. The van der Waals surface area contributed by atoms with E-state index in [0.717, 1.165) is 0 Å². The average molecular weight is 256 g/mol. The SMILES string of the molecule is COc1cccc(N=Cc2ccccc2[N+](=O)[O-])c1. The van der Waals surface area contributed by atoms with Gasteiger partial charge in [0.15, 0.2) is 0 Å². The number of hydrogen-bond donors (Lipinski definition) is 0. The molecule has 2 aromatic carbocycles. The van der Waals surface area contributed by atoms with Crippen molar-refractivity contribution in [3.63, 3.8) is 0 Å². The Hall–Kier alpha value is -2.69. The number of nitrogens with zero attached hydrogens (tertiary/aromatic N) is 2. The monoisotopic (exact) mass is 256 g/mol. The Morgan fingerprint density at radius 2 is 2.00 bits per heavy atom. The van der Waals surface area contributed by atoms with E-state index in [-0.39, 0.29) is 5.69 Å². The van der Waals surface area contributed by atoms with Gasteiger partial charge in [-0.15, -0.1) is 0 Å². The number of aliphatic imine (C=N–C) groups is 1. The molecule has 5 nitrogen and oxygen atoms in total. The third-order valence-electron chi connectivity index (χ3n) is 2.54. The number of rotatable bonds is 4. The zero-order valence-corrected chi connectivity index (χ0v) is 10.3. The number of para-hydroxylation sites is 1. The van der Waals surface area contributed by atoms with Crippen LogP contribution in [0, 0.1) is 10.1 Å². The maximum atomic E-state index is 10.9. The lowest BCUT2D eigenvalue weighted by Crippen LogP contribution is -1.93. The highest BCUT2D eigenvalue weighted by Crippen LogP contribution is 2.21. The molecule has 0 aliphatic carbocycles. The van der Waals surface area contributed by atoms with Gasteiger partial charge >= 0.3 is 0 Å². The van der Waals surface area contributed by atoms with Crippen LogP contribution in [-0.4, -0.2) is 18.2 Å². The Morgan fingerprint density at radius 1 is 1.21 bits per heavy atom. The minimum absolute atomic E-state index is 0.0362. The molecule has 2 rings (SSSR count). The van der Waals surface area contributed by atoms with Crippen molar-refractivity contribution in [3.8, 4) is 5.75 Å². The molecule has 0 radical (unpaired) electrons. The standard InChI is InChI=1S/C14H12N2O3/c1-19-13-7-4-6-12(9-13)15-10-11-5-2-3-8-14(11)16(17)18/h2-10H,1H3. The van der Waals surface area contributed by atoms with Gasteiger partial charge in [-0.05, 0) is 18.2 Å². The first-order valence-electron chi connectivity index (χ1n) is 5.62. The number of ether oxygens (including phenoxy) is 1. The molecule has 0 atom stereocenters. The van der Waals surface area contributed by atoms with E-state index in [1.807, 2.05) is 12.1 Å². The quantitative estimate of drug-likeness (QED) is 0.478. The fourth-order valence-electron chi connectivity index (χ4n) is 1.60. The molecule has 0 N–H and O–H groups in total. The van der Waals surface area contributed by atoms with Crippen molar-refractivity contribution < 1.29 is 9.66 Å². The van der Waals surface area contributed by atoms with Gasteiger partial charge in [0.25, 0.3) is 5.69 Å². The van der Waals surface area contributed by atoms with Crippen LogP contribution in [-0.2, 0) is 0 Å².